The van der Waals surface area contributed by atoms with Crippen molar-refractivity contribution in [1.82, 2.24) is 4.98 Å². The minimum atomic E-state index is -4.05. The number of nitrogens with one attached hydrogen (secondary N) is 1. The lowest BCUT2D eigenvalue weighted by atomic mass is 10.2. The standard InChI is InChI=1S/C12H12FN3O2S/c13-11-5-2-6-15-12(11)19(17,18)16-10-4-1-3-9(7-10)8-14/h1-7,16H,8,14H2. The molecule has 5 nitrogen and oxygen atoms in total. The van der Waals surface area contributed by atoms with E-state index >= 15 is 0 Å². The lowest BCUT2D eigenvalue weighted by molar-refractivity contribution is 0.557. The lowest BCUT2D eigenvalue weighted by Gasteiger charge is -2.08. The number of sulfonamides is 1. The van der Waals surface area contributed by atoms with Crippen LogP contribution in [-0.2, 0) is 16.6 Å². The van der Waals surface area contributed by atoms with E-state index in [1.807, 2.05) is 0 Å². The van der Waals surface area contributed by atoms with Gasteiger partial charge in [0.15, 0.2) is 5.82 Å². The number of hydrogen-bond acceptors (Lipinski definition) is 4. The van der Waals surface area contributed by atoms with Crippen LogP contribution in [0.25, 0.3) is 0 Å². The van der Waals surface area contributed by atoms with E-state index in [1.54, 1.807) is 24.3 Å². The molecular weight excluding hydrogens is 269 g/mol. The number of pyridine rings is 1. The van der Waals surface area contributed by atoms with Gasteiger partial charge in [-0.1, -0.05) is 12.1 Å². The number of anilines is 1. The molecule has 0 saturated carbocycles. The average Bonchev–Trinajstić information content (AvgIpc) is 2.38. The van der Waals surface area contributed by atoms with Crippen LogP contribution in [0.2, 0.25) is 0 Å². The largest absolute Gasteiger partial charge is 0.326 e. The molecule has 3 N–H and O–H groups in total. The zero-order valence-corrected chi connectivity index (χ0v) is 10.7. The predicted octanol–water partition coefficient (Wildman–Crippen LogP) is 1.48. The molecule has 0 bridgehead atoms. The van der Waals surface area contributed by atoms with Crippen molar-refractivity contribution in [3.8, 4) is 0 Å². The van der Waals surface area contributed by atoms with E-state index < -0.39 is 20.9 Å². The van der Waals surface area contributed by atoms with Crippen LogP contribution < -0.4 is 10.5 Å². The van der Waals surface area contributed by atoms with Crippen LogP contribution in [0.3, 0.4) is 0 Å². The van der Waals surface area contributed by atoms with E-state index in [9.17, 15) is 12.8 Å². The quantitative estimate of drug-likeness (QED) is 0.889. The van der Waals surface area contributed by atoms with E-state index in [1.165, 1.54) is 12.3 Å². The summed E-state index contributed by atoms with van der Waals surface area (Å²) in [6.07, 6.45) is 1.22. The maximum atomic E-state index is 13.4. The molecule has 7 heteroatoms. The van der Waals surface area contributed by atoms with Gasteiger partial charge in [-0.25, -0.2) is 9.37 Å². The minimum Gasteiger partial charge on any atom is -0.326 e. The van der Waals surface area contributed by atoms with Crippen molar-refractivity contribution in [3.05, 3.63) is 54.0 Å². The van der Waals surface area contributed by atoms with E-state index in [4.69, 9.17) is 5.73 Å². The highest BCUT2D eigenvalue weighted by Crippen LogP contribution is 2.17. The van der Waals surface area contributed by atoms with Crippen molar-refractivity contribution in [2.24, 2.45) is 5.73 Å². The Balaban J connectivity index is 2.34. The van der Waals surface area contributed by atoms with Gasteiger partial charge in [-0.2, -0.15) is 8.42 Å². The van der Waals surface area contributed by atoms with Crippen LogP contribution in [0.5, 0.6) is 0 Å². The molecule has 19 heavy (non-hydrogen) atoms. The molecule has 0 radical (unpaired) electrons. The van der Waals surface area contributed by atoms with Gasteiger partial charge in [0.25, 0.3) is 10.0 Å². The molecule has 0 amide bonds. The highest BCUT2D eigenvalue weighted by Gasteiger charge is 2.20. The second-order valence-corrected chi connectivity index (χ2v) is 5.40. The smallest absolute Gasteiger partial charge is 0.282 e. The number of nitrogens with zero attached hydrogens (tertiary/aromatic N) is 1. The van der Waals surface area contributed by atoms with E-state index in [2.05, 4.69) is 9.71 Å². The molecule has 1 aromatic carbocycles. The third kappa shape index (κ3) is 3.07. The molecular formula is C12H12FN3O2S. The van der Waals surface area contributed by atoms with Crippen LogP contribution >= 0.6 is 0 Å². The molecule has 1 aromatic heterocycles. The van der Waals surface area contributed by atoms with E-state index in [0.717, 1.165) is 11.6 Å². The van der Waals surface area contributed by atoms with Gasteiger partial charge in [-0.3, -0.25) is 4.72 Å². The monoisotopic (exact) mass is 281 g/mol. The molecule has 0 fully saturated rings. The van der Waals surface area contributed by atoms with Crippen molar-refractivity contribution in [2.75, 3.05) is 4.72 Å². The summed E-state index contributed by atoms with van der Waals surface area (Å²) in [6, 6.07) is 8.92. The first-order valence-electron chi connectivity index (χ1n) is 5.45. The lowest BCUT2D eigenvalue weighted by Crippen LogP contribution is -2.16. The van der Waals surface area contributed by atoms with Crippen molar-refractivity contribution >= 4 is 15.7 Å². The van der Waals surface area contributed by atoms with Gasteiger partial charge < -0.3 is 5.73 Å². The highest BCUT2D eigenvalue weighted by atomic mass is 32.2. The molecule has 100 valence electrons. The van der Waals surface area contributed by atoms with Gasteiger partial charge >= 0.3 is 0 Å². The summed E-state index contributed by atoms with van der Waals surface area (Å²) in [6.45, 7) is 0.285. The first-order valence-corrected chi connectivity index (χ1v) is 6.93. The molecule has 0 atom stereocenters. The molecule has 0 unspecified atom stereocenters. The summed E-state index contributed by atoms with van der Waals surface area (Å²) in [5.74, 6) is -0.898. The fourth-order valence-electron chi connectivity index (χ4n) is 1.53. The summed E-state index contributed by atoms with van der Waals surface area (Å²) < 4.78 is 39.7. The molecule has 0 spiro atoms. The topological polar surface area (TPSA) is 85.1 Å². The summed E-state index contributed by atoms with van der Waals surface area (Å²) in [5, 5.41) is -0.631. The zero-order chi connectivity index (χ0) is 13.9. The van der Waals surface area contributed by atoms with Crippen molar-refractivity contribution in [1.29, 1.82) is 0 Å². The predicted molar refractivity (Wildman–Crippen MR) is 69.3 cm³/mol. The van der Waals surface area contributed by atoms with E-state index in [0.29, 0.717) is 5.69 Å². The Morgan fingerprint density at radius 1 is 1.26 bits per heavy atom. The average molecular weight is 281 g/mol. The summed E-state index contributed by atoms with van der Waals surface area (Å²) >= 11 is 0. The third-order valence-corrected chi connectivity index (χ3v) is 3.71. The van der Waals surface area contributed by atoms with Gasteiger partial charge in [0.05, 0.1) is 0 Å². The fourth-order valence-corrected chi connectivity index (χ4v) is 2.59. The summed E-state index contributed by atoms with van der Waals surface area (Å²) in [4.78, 5) is 3.54. The van der Waals surface area contributed by atoms with Gasteiger partial charge in [-0.15, -0.1) is 0 Å². The van der Waals surface area contributed by atoms with Crippen molar-refractivity contribution in [2.45, 2.75) is 11.6 Å². The third-order valence-electron chi connectivity index (χ3n) is 2.39. The van der Waals surface area contributed by atoms with E-state index in [-0.39, 0.29) is 6.54 Å². The maximum Gasteiger partial charge on any atom is 0.282 e. The highest BCUT2D eigenvalue weighted by molar-refractivity contribution is 7.92. The molecule has 2 rings (SSSR count). The Labute approximate surface area is 110 Å². The number of halogens is 1. The number of aromatic nitrogens is 1. The van der Waals surface area contributed by atoms with Gasteiger partial charge in [-0.05, 0) is 29.8 Å². The molecule has 0 aliphatic rings. The normalized spacial score (nSPS) is 11.3. The Hall–Kier alpha value is -1.99. The molecule has 0 aliphatic heterocycles. The molecule has 1 heterocycles. The first kappa shape index (κ1) is 13.4. The van der Waals surface area contributed by atoms with Crippen LogP contribution in [0.4, 0.5) is 10.1 Å². The maximum absolute atomic E-state index is 13.4. The Morgan fingerprint density at radius 3 is 2.74 bits per heavy atom. The Morgan fingerprint density at radius 2 is 2.05 bits per heavy atom. The van der Waals surface area contributed by atoms with Crippen LogP contribution in [0.15, 0.2) is 47.6 Å². The Bertz CT molecular complexity index is 689. The van der Waals surface area contributed by atoms with Gasteiger partial charge in [0.1, 0.15) is 0 Å². The van der Waals surface area contributed by atoms with Gasteiger partial charge in [0, 0.05) is 18.4 Å². The number of benzene rings is 1. The van der Waals surface area contributed by atoms with Crippen LogP contribution in [0, 0.1) is 5.82 Å². The minimum absolute atomic E-state index is 0.285. The van der Waals surface area contributed by atoms with Crippen molar-refractivity contribution < 1.29 is 12.8 Å². The number of rotatable bonds is 4. The Kier molecular flexibility index (Phi) is 3.77. The van der Waals surface area contributed by atoms with Crippen LogP contribution in [-0.4, -0.2) is 13.4 Å². The molecule has 2 aromatic rings. The second-order valence-electron chi connectivity index (χ2n) is 3.80. The van der Waals surface area contributed by atoms with Crippen LogP contribution in [0.1, 0.15) is 5.56 Å². The summed E-state index contributed by atoms with van der Waals surface area (Å²) in [5.41, 5.74) is 6.55. The molecule has 0 saturated heterocycles. The first-order chi connectivity index (χ1) is 9.03. The van der Waals surface area contributed by atoms with Gasteiger partial charge in [0.2, 0.25) is 5.03 Å². The fraction of sp³-hybridized carbons (Fsp3) is 0.0833. The number of nitrogens with two attached hydrogens (primary N) is 1. The zero-order valence-electron chi connectivity index (χ0n) is 9.88. The SMILES string of the molecule is NCc1cccc(NS(=O)(=O)c2ncccc2F)c1. The number of hydrogen-bond donors (Lipinski definition) is 2. The second kappa shape index (κ2) is 5.33. The molecule has 0 aliphatic carbocycles. The summed E-state index contributed by atoms with van der Waals surface area (Å²) in [7, 11) is -4.05. The van der Waals surface area contributed by atoms with Crippen molar-refractivity contribution in [3.63, 3.8) is 0 Å².